The summed E-state index contributed by atoms with van der Waals surface area (Å²) in [5.41, 5.74) is 2.85. The Bertz CT molecular complexity index is 652. The average Bonchev–Trinajstić information content (AvgIpc) is 2.70. The highest BCUT2D eigenvalue weighted by Crippen LogP contribution is 2.20. The van der Waals surface area contributed by atoms with Gasteiger partial charge in [-0.15, -0.1) is 0 Å². The second kappa shape index (κ2) is 6.96. The lowest BCUT2D eigenvalue weighted by Crippen LogP contribution is -2.30. The smallest absolute Gasteiger partial charge is 0.241 e. The molecule has 1 heterocycles. The monoisotopic (exact) mass is 325 g/mol. The maximum atomic E-state index is 11.9. The molecule has 0 unspecified atom stereocenters. The molecule has 0 aliphatic heterocycles. The topological polar surface area (TPSA) is 46.9 Å². The molecule has 0 saturated carbocycles. The van der Waals surface area contributed by atoms with E-state index in [-0.39, 0.29) is 12.5 Å². The van der Waals surface area contributed by atoms with Crippen molar-refractivity contribution in [3.05, 3.63) is 51.3 Å². The van der Waals surface area contributed by atoms with E-state index in [1.54, 1.807) is 16.8 Å². The van der Waals surface area contributed by atoms with Crippen molar-refractivity contribution in [1.29, 1.82) is 0 Å². The summed E-state index contributed by atoms with van der Waals surface area (Å²) in [6, 6.07) is 7.31. The van der Waals surface area contributed by atoms with Gasteiger partial charge >= 0.3 is 0 Å². The minimum Gasteiger partial charge on any atom is -0.354 e. The van der Waals surface area contributed by atoms with Crippen LogP contribution < -0.4 is 5.32 Å². The number of aryl methyl sites for hydroxylation is 2. The maximum absolute atomic E-state index is 11.9. The SMILES string of the molecule is Cc1cc(C)n(CC(=O)NCCc2ccc(Cl)cc2Cl)n1. The van der Waals surface area contributed by atoms with Gasteiger partial charge in [0, 0.05) is 22.3 Å². The summed E-state index contributed by atoms with van der Waals surface area (Å²) in [6.45, 7) is 4.60. The van der Waals surface area contributed by atoms with Crippen molar-refractivity contribution in [2.24, 2.45) is 0 Å². The molecular formula is C15H17Cl2N3O. The molecule has 21 heavy (non-hydrogen) atoms. The molecule has 2 rings (SSSR count). The average molecular weight is 326 g/mol. The first kappa shape index (κ1) is 15.9. The van der Waals surface area contributed by atoms with Gasteiger partial charge in [-0.25, -0.2) is 0 Å². The van der Waals surface area contributed by atoms with Crippen LogP contribution in [0.5, 0.6) is 0 Å². The number of hydrogen-bond acceptors (Lipinski definition) is 2. The Kier molecular flexibility index (Phi) is 5.26. The van der Waals surface area contributed by atoms with Gasteiger partial charge in [0.05, 0.1) is 5.69 Å². The number of carbonyl (C=O) groups excluding carboxylic acids is 1. The Labute approximate surface area is 134 Å². The van der Waals surface area contributed by atoms with Crippen LogP contribution >= 0.6 is 23.2 Å². The Balaban J connectivity index is 1.83. The van der Waals surface area contributed by atoms with Crippen molar-refractivity contribution in [3.8, 4) is 0 Å². The van der Waals surface area contributed by atoms with E-state index in [4.69, 9.17) is 23.2 Å². The molecule has 1 aromatic heterocycles. The second-order valence-electron chi connectivity index (χ2n) is 4.92. The molecule has 0 aliphatic carbocycles. The van der Waals surface area contributed by atoms with Crippen molar-refractivity contribution in [2.75, 3.05) is 6.54 Å². The fourth-order valence-corrected chi connectivity index (χ4v) is 2.59. The quantitative estimate of drug-likeness (QED) is 0.917. The molecule has 6 heteroatoms. The molecule has 4 nitrogen and oxygen atoms in total. The van der Waals surface area contributed by atoms with E-state index in [2.05, 4.69) is 10.4 Å². The molecular weight excluding hydrogens is 309 g/mol. The van der Waals surface area contributed by atoms with Crippen LogP contribution in [-0.2, 0) is 17.8 Å². The predicted octanol–water partition coefficient (Wildman–Crippen LogP) is 3.17. The molecule has 0 atom stereocenters. The Morgan fingerprint density at radius 2 is 2.05 bits per heavy atom. The van der Waals surface area contributed by atoms with Crippen molar-refractivity contribution < 1.29 is 4.79 Å². The summed E-state index contributed by atoms with van der Waals surface area (Å²) >= 11 is 11.9. The lowest BCUT2D eigenvalue weighted by molar-refractivity contribution is -0.121. The first-order chi connectivity index (χ1) is 9.95. The molecule has 0 fully saturated rings. The van der Waals surface area contributed by atoms with Crippen LogP contribution in [0.15, 0.2) is 24.3 Å². The zero-order valence-corrected chi connectivity index (χ0v) is 13.5. The van der Waals surface area contributed by atoms with Gasteiger partial charge in [-0.05, 0) is 44.0 Å². The van der Waals surface area contributed by atoms with Crippen LogP contribution in [0.2, 0.25) is 10.0 Å². The number of halogens is 2. The fourth-order valence-electron chi connectivity index (χ4n) is 2.09. The molecule has 0 radical (unpaired) electrons. The highest BCUT2D eigenvalue weighted by Gasteiger charge is 2.07. The summed E-state index contributed by atoms with van der Waals surface area (Å²) in [5, 5.41) is 8.36. The van der Waals surface area contributed by atoms with E-state index in [9.17, 15) is 4.79 Å². The van der Waals surface area contributed by atoms with Crippen LogP contribution in [0, 0.1) is 13.8 Å². The third-order valence-corrected chi connectivity index (χ3v) is 3.72. The third-order valence-electron chi connectivity index (χ3n) is 3.13. The predicted molar refractivity (Wildman–Crippen MR) is 84.9 cm³/mol. The molecule has 0 saturated heterocycles. The van der Waals surface area contributed by atoms with Gasteiger partial charge in [0.15, 0.2) is 0 Å². The molecule has 1 N–H and O–H groups in total. The Morgan fingerprint density at radius 3 is 2.67 bits per heavy atom. The van der Waals surface area contributed by atoms with Crippen molar-refractivity contribution in [1.82, 2.24) is 15.1 Å². The van der Waals surface area contributed by atoms with E-state index >= 15 is 0 Å². The van der Waals surface area contributed by atoms with Gasteiger partial charge in [-0.1, -0.05) is 29.3 Å². The van der Waals surface area contributed by atoms with Crippen LogP contribution in [0.4, 0.5) is 0 Å². The van der Waals surface area contributed by atoms with Crippen molar-refractivity contribution in [3.63, 3.8) is 0 Å². The summed E-state index contributed by atoms with van der Waals surface area (Å²) in [7, 11) is 0. The standard InChI is InChI=1S/C15H17Cl2N3O/c1-10-7-11(2)20(19-10)9-15(21)18-6-5-12-3-4-13(16)8-14(12)17/h3-4,7-8H,5-6,9H2,1-2H3,(H,18,21). The number of nitrogens with one attached hydrogen (secondary N) is 1. The minimum atomic E-state index is -0.0636. The first-order valence-electron chi connectivity index (χ1n) is 6.67. The number of benzene rings is 1. The molecule has 0 bridgehead atoms. The summed E-state index contributed by atoms with van der Waals surface area (Å²) < 4.78 is 1.69. The van der Waals surface area contributed by atoms with Gasteiger partial charge < -0.3 is 5.32 Å². The van der Waals surface area contributed by atoms with Gasteiger partial charge in [0.25, 0.3) is 0 Å². The second-order valence-corrected chi connectivity index (χ2v) is 5.76. The molecule has 1 aromatic carbocycles. The molecule has 1 amide bonds. The van der Waals surface area contributed by atoms with Crippen LogP contribution in [0.25, 0.3) is 0 Å². The lowest BCUT2D eigenvalue weighted by Gasteiger charge is -2.08. The van der Waals surface area contributed by atoms with E-state index in [0.717, 1.165) is 17.0 Å². The van der Waals surface area contributed by atoms with E-state index in [1.807, 2.05) is 26.0 Å². The van der Waals surface area contributed by atoms with Gasteiger partial charge in [-0.2, -0.15) is 5.10 Å². The number of carbonyl (C=O) groups is 1. The summed E-state index contributed by atoms with van der Waals surface area (Å²) in [4.78, 5) is 11.9. The number of hydrogen-bond donors (Lipinski definition) is 1. The summed E-state index contributed by atoms with van der Waals surface area (Å²) in [5.74, 6) is -0.0636. The first-order valence-corrected chi connectivity index (χ1v) is 7.43. The minimum absolute atomic E-state index is 0.0636. The Hall–Kier alpha value is -1.52. The van der Waals surface area contributed by atoms with E-state index in [1.165, 1.54) is 0 Å². The number of nitrogens with zero attached hydrogens (tertiary/aromatic N) is 2. The Morgan fingerprint density at radius 1 is 1.29 bits per heavy atom. The summed E-state index contributed by atoms with van der Waals surface area (Å²) in [6.07, 6.45) is 0.666. The van der Waals surface area contributed by atoms with E-state index in [0.29, 0.717) is 23.0 Å². The zero-order valence-electron chi connectivity index (χ0n) is 12.0. The molecule has 0 spiro atoms. The lowest BCUT2D eigenvalue weighted by atomic mass is 10.1. The number of amides is 1. The van der Waals surface area contributed by atoms with Crippen molar-refractivity contribution in [2.45, 2.75) is 26.8 Å². The molecule has 0 aliphatic rings. The van der Waals surface area contributed by atoms with Crippen LogP contribution in [0.1, 0.15) is 17.0 Å². The maximum Gasteiger partial charge on any atom is 0.241 e. The molecule has 112 valence electrons. The van der Waals surface area contributed by atoms with Crippen LogP contribution in [0.3, 0.4) is 0 Å². The fraction of sp³-hybridized carbons (Fsp3) is 0.333. The van der Waals surface area contributed by atoms with E-state index < -0.39 is 0 Å². The molecule has 2 aromatic rings. The highest BCUT2D eigenvalue weighted by molar-refractivity contribution is 6.35. The van der Waals surface area contributed by atoms with Gasteiger partial charge in [0.2, 0.25) is 5.91 Å². The normalized spacial score (nSPS) is 10.7. The van der Waals surface area contributed by atoms with Crippen LogP contribution in [-0.4, -0.2) is 22.2 Å². The number of aromatic nitrogens is 2. The zero-order chi connectivity index (χ0) is 15.4. The largest absolute Gasteiger partial charge is 0.354 e. The van der Waals surface area contributed by atoms with Gasteiger partial charge in [0.1, 0.15) is 6.54 Å². The van der Waals surface area contributed by atoms with Gasteiger partial charge in [-0.3, -0.25) is 9.48 Å². The third kappa shape index (κ3) is 4.48. The number of rotatable bonds is 5. The van der Waals surface area contributed by atoms with Crippen molar-refractivity contribution >= 4 is 29.1 Å². The highest BCUT2D eigenvalue weighted by atomic mass is 35.5.